The van der Waals surface area contributed by atoms with Gasteiger partial charge in [-0.2, -0.15) is 0 Å². The number of rotatable bonds is 7. The van der Waals surface area contributed by atoms with Gasteiger partial charge in [0.15, 0.2) is 4.58 Å². The zero-order valence-corrected chi connectivity index (χ0v) is 18.0. The molecule has 0 saturated heterocycles. The van der Waals surface area contributed by atoms with Crippen molar-refractivity contribution in [2.45, 2.75) is 24.5 Å². The molecule has 0 radical (unpaired) electrons. The lowest BCUT2D eigenvalue weighted by molar-refractivity contribution is -0.114. The Labute approximate surface area is 177 Å². The summed E-state index contributed by atoms with van der Waals surface area (Å²) in [6.45, 7) is 3.08. The number of aliphatic hydroxyl groups is 1. The Balaban J connectivity index is 2.03. The van der Waals surface area contributed by atoms with Crippen LogP contribution in [0.5, 0.6) is 0 Å². The molecule has 0 saturated carbocycles. The van der Waals surface area contributed by atoms with Crippen molar-refractivity contribution in [2.24, 2.45) is 5.92 Å². The number of amides is 2. The van der Waals surface area contributed by atoms with Crippen LogP contribution in [0.2, 0.25) is 10.0 Å². The van der Waals surface area contributed by atoms with Crippen LogP contribution in [0.25, 0.3) is 0 Å². The normalized spacial score (nSPS) is 18.1. The molecule has 0 aromatic heterocycles. The first kappa shape index (κ1) is 23.0. The second kappa shape index (κ2) is 9.47. The lowest BCUT2D eigenvalue weighted by atomic mass is 10.1. The van der Waals surface area contributed by atoms with E-state index in [0.29, 0.717) is 0 Å². The van der Waals surface area contributed by atoms with Crippen molar-refractivity contribution >= 4 is 62.5 Å². The quantitative estimate of drug-likeness (QED) is 0.488. The summed E-state index contributed by atoms with van der Waals surface area (Å²) in [4.78, 5) is 24.6. The number of anilines is 1. The van der Waals surface area contributed by atoms with Crippen LogP contribution in [-0.4, -0.2) is 42.6 Å². The zero-order chi connectivity index (χ0) is 21.1. The van der Waals surface area contributed by atoms with Crippen molar-refractivity contribution in [3.8, 4) is 0 Å². The van der Waals surface area contributed by atoms with Gasteiger partial charge in [0, 0.05) is 11.4 Å². The summed E-state index contributed by atoms with van der Waals surface area (Å²) in [7, 11) is -4.06. The Morgan fingerprint density at radius 1 is 1.29 bits per heavy atom. The molecule has 2 rings (SSSR count). The number of carbonyl (C=O) groups is 2. The topological polar surface area (TPSA) is 125 Å². The summed E-state index contributed by atoms with van der Waals surface area (Å²) in [5.74, 6) is -0.939. The minimum absolute atomic E-state index is 0.133. The number of carbonyl (C=O) groups excluding carboxylic acids is 2. The van der Waals surface area contributed by atoms with E-state index in [1.165, 1.54) is 11.5 Å². The molecule has 0 fully saturated rings. The molecule has 1 aliphatic heterocycles. The summed E-state index contributed by atoms with van der Waals surface area (Å²) in [5.41, 5.74) is 0.0695. The fourth-order valence-electron chi connectivity index (χ4n) is 2.21. The molecule has 0 spiro atoms. The van der Waals surface area contributed by atoms with Crippen LogP contribution in [0.1, 0.15) is 13.8 Å². The number of nitrogens with one attached hydrogen (secondary N) is 3. The summed E-state index contributed by atoms with van der Waals surface area (Å²) in [6.07, 6.45) is 0. The maximum absolute atomic E-state index is 12.5. The molecule has 154 valence electrons. The number of aliphatic hydroxyl groups excluding tert-OH is 1. The standard InChI is InChI=1S/C16H19Cl2N3O5S2/c1-8(2)11(6-22)21-28(25,26)15-14(23)12(7-27-15)20-16(24)19-10-5-3-4-9(17)13(10)18/h3-5,7-8,11,15,21-22H,6H2,1-2H3,(H2,19,20,24)/t11-,15?/m0/s1. The summed E-state index contributed by atoms with van der Waals surface area (Å²) >= 11 is 12.6. The fourth-order valence-corrected chi connectivity index (χ4v) is 5.47. The monoisotopic (exact) mass is 467 g/mol. The zero-order valence-electron chi connectivity index (χ0n) is 14.9. The van der Waals surface area contributed by atoms with Crippen molar-refractivity contribution in [1.29, 1.82) is 0 Å². The number of hydrogen-bond donors (Lipinski definition) is 4. The predicted molar refractivity (Wildman–Crippen MR) is 111 cm³/mol. The first-order chi connectivity index (χ1) is 13.1. The Morgan fingerprint density at radius 2 is 1.96 bits per heavy atom. The van der Waals surface area contributed by atoms with Gasteiger partial charge in [0.2, 0.25) is 15.8 Å². The number of sulfonamides is 1. The van der Waals surface area contributed by atoms with Gasteiger partial charge in [-0.25, -0.2) is 17.9 Å². The summed E-state index contributed by atoms with van der Waals surface area (Å²) in [5, 5.41) is 15.7. The summed E-state index contributed by atoms with van der Waals surface area (Å²) < 4.78 is 25.8. The van der Waals surface area contributed by atoms with Crippen molar-refractivity contribution in [3.63, 3.8) is 0 Å². The first-order valence-electron chi connectivity index (χ1n) is 8.10. The number of thioether (sulfide) groups is 1. The number of halogens is 2. The van der Waals surface area contributed by atoms with Gasteiger partial charge < -0.3 is 15.7 Å². The molecule has 2 atom stereocenters. The molecule has 1 heterocycles. The van der Waals surface area contributed by atoms with Crippen LogP contribution >= 0.6 is 35.0 Å². The second-order valence-corrected chi connectivity index (χ2v) is 10.1. The predicted octanol–water partition coefficient (Wildman–Crippen LogP) is 2.53. The molecule has 2 amide bonds. The Hall–Kier alpha value is -1.30. The Morgan fingerprint density at radius 3 is 2.57 bits per heavy atom. The molecule has 8 nitrogen and oxygen atoms in total. The minimum Gasteiger partial charge on any atom is -0.395 e. The van der Waals surface area contributed by atoms with E-state index in [0.717, 1.165) is 11.8 Å². The molecule has 4 N–H and O–H groups in total. The molecule has 0 bridgehead atoms. The molecule has 12 heteroatoms. The van der Waals surface area contributed by atoms with Gasteiger partial charge in [-0.3, -0.25) is 4.79 Å². The van der Waals surface area contributed by atoms with E-state index in [1.54, 1.807) is 26.0 Å². The van der Waals surface area contributed by atoms with E-state index in [-0.39, 0.29) is 27.3 Å². The highest BCUT2D eigenvalue weighted by atomic mass is 35.5. The first-order valence-corrected chi connectivity index (χ1v) is 11.3. The van der Waals surface area contributed by atoms with Gasteiger partial charge in [-0.05, 0) is 18.1 Å². The second-order valence-electron chi connectivity index (χ2n) is 6.24. The van der Waals surface area contributed by atoms with Crippen molar-refractivity contribution in [3.05, 3.63) is 39.3 Å². The lowest BCUT2D eigenvalue weighted by Gasteiger charge is -2.21. The third-order valence-electron chi connectivity index (χ3n) is 3.84. The van der Waals surface area contributed by atoms with E-state index in [1.807, 2.05) is 0 Å². The van der Waals surface area contributed by atoms with Crippen molar-refractivity contribution in [2.75, 3.05) is 11.9 Å². The van der Waals surface area contributed by atoms with Crippen LogP contribution in [0, 0.1) is 5.92 Å². The average Bonchev–Trinajstić information content (AvgIpc) is 2.98. The van der Waals surface area contributed by atoms with E-state index in [9.17, 15) is 23.1 Å². The number of hydrogen-bond acceptors (Lipinski definition) is 6. The highest BCUT2D eigenvalue weighted by molar-refractivity contribution is 8.16. The third-order valence-corrected chi connectivity index (χ3v) is 7.99. The van der Waals surface area contributed by atoms with Crippen LogP contribution in [0.4, 0.5) is 10.5 Å². The molecule has 0 aliphatic carbocycles. The van der Waals surface area contributed by atoms with Crippen LogP contribution in [-0.2, 0) is 14.8 Å². The largest absolute Gasteiger partial charge is 0.395 e. The number of benzene rings is 1. The number of allylic oxidation sites excluding steroid dienone is 1. The SMILES string of the molecule is CC(C)[C@H](CO)NS(=O)(=O)C1SC=C(NC(=O)Nc2cccc(Cl)c2Cl)C1=O. The van der Waals surface area contributed by atoms with Crippen LogP contribution in [0.15, 0.2) is 29.3 Å². The maximum Gasteiger partial charge on any atom is 0.323 e. The van der Waals surface area contributed by atoms with Gasteiger partial charge in [0.25, 0.3) is 0 Å². The molecular weight excluding hydrogens is 449 g/mol. The molecule has 1 unspecified atom stereocenters. The fraction of sp³-hybridized carbons (Fsp3) is 0.375. The Bertz CT molecular complexity index is 906. The number of Topliss-reactive ketones (excluding diaryl/α,β-unsaturated/α-hetero) is 1. The third kappa shape index (κ3) is 5.40. The van der Waals surface area contributed by atoms with Crippen molar-refractivity contribution < 1.29 is 23.1 Å². The minimum atomic E-state index is -4.06. The van der Waals surface area contributed by atoms with Crippen molar-refractivity contribution in [1.82, 2.24) is 10.0 Å². The van der Waals surface area contributed by atoms with Gasteiger partial charge >= 0.3 is 6.03 Å². The van der Waals surface area contributed by atoms with Crippen LogP contribution in [0.3, 0.4) is 0 Å². The smallest absolute Gasteiger partial charge is 0.323 e. The van der Waals surface area contributed by atoms with E-state index in [4.69, 9.17) is 23.2 Å². The van der Waals surface area contributed by atoms with Gasteiger partial charge in [0.1, 0.15) is 0 Å². The van der Waals surface area contributed by atoms with E-state index in [2.05, 4.69) is 15.4 Å². The molecular formula is C16H19Cl2N3O5S2. The maximum atomic E-state index is 12.5. The molecule has 1 aromatic carbocycles. The molecule has 1 aromatic rings. The number of urea groups is 1. The number of ketones is 1. The highest BCUT2D eigenvalue weighted by Gasteiger charge is 2.40. The van der Waals surface area contributed by atoms with E-state index >= 15 is 0 Å². The molecule has 28 heavy (non-hydrogen) atoms. The summed E-state index contributed by atoms with van der Waals surface area (Å²) in [6, 6.07) is 3.16. The van der Waals surface area contributed by atoms with E-state index < -0.39 is 39.1 Å². The van der Waals surface area contributed by atoms with Gasteiger partial charge in [0.05, 0.1) is 28.0 Å². The molecule has 1 aliphatic rings. The average molecular weight is 468 g/mol. The Kier molecular flexibility index (Phi) is 7.77. The highest BCUT2D eigenvalue weighted by Crippen LogP contribution is 2.31. The lowest BCUT2D eigenvalue weighted by Crippen LogP contribution is -2.46. The van der Waals surface area contributed by atoms with Gasteiger partial charge in [-0.1, -0.05) is 43.1 Å². The van der Waals surface area contributed by atoms with Crippen LogP contribution < -0.4 is 15.4 Å². The van der Waals surface area contributed by atoms with Gasteiger partial charge in [-0.15, -0.1) is 11.8 Å².